The van der Waals surface area contributed by atoms with Crippen molar-refractivity contribution in [3.8, 4) is 0 Å². The third-order valence-corrected chi connectivity index (χ3v) is 3.45. The molecule has 2 N–H and O–H groups in total. The van der Waals surface area contributed by atoms with Crippen molar-refractivity contribution in [1.82, 2.24) is 10.6 Å². The van der Waals surface area contributed by atoms with Crippen LogP contribution < -0.4 is 10.6 Å². The number of carbonyl (C=O) groups excluding carboxylic acids is 1. The molecule has 0 saturated heterocycles. The molecule has 106 valence electrons. The van der Waals surface area contributed by atoms with Gasteiger partial charge in [0.1, 0.15) is 0 Å². The highest BCUT2D eigenvalue weighted by atomic mass is 16.1. The average molecular weight is 262 g/mol. The maximum absolute atomic E-state index is 11.7. The summed E-state index contributed by atoms with van der Waals surface area (Å²) in [6, 6.07) is 6.49. The van der Waals surface area contributed by atoms with Gasteiger partial charge < -0.3 is 10.6 Å². The van der Waals surface area contributed by atoms with Crippen LogP contribution in [0.1, 0.15) is 37.0 Å². The summed E-state index contributed by atoms with van der Waals surface area (Å²) in [5.74, 6) is 0.104. The molecule has 0 atom stereocenters. The van der Waals surface area contributed by atoms with E-state index >= 15 is 0 Å². The lowest BCUT2D eigenvalue weighted by molar-refractivity contribution is -0.121. The van der Waals surface area contributed by atoms with Gasteiger partial charge in [-0.05, 0) is 32.0 Å². The van der Waals surface area contributed by atoms with E-state index in [0.717, 1.165) is 6.54 Å². The standard InChI is InChI=1S/C16H26N2O/c1-12-6-7-13(2)14(10-12)16(3,4)11-18-15(19)8-9-17-5/h6-7,10,17H,8-9,11H2,1-5H3,(H,18,19). The van der Waals surface area contributed by atoms with Gasteiger partial charge in [-0.2, -0.15) is 0 Å². The van der Waals surface area contributed by atoms with Crippen LogP contribution >= 0.6 is 0 Å². The predicted octanol–water partition coefficient (Wildman–Crippen LogP) is 2.31. The van der Waals surface area contributed by atoms with Gasteiger partial charge in [-0.25, -0.2) is 0 Å². The molecule has 0 aliphatic carbocycles. The van der Waals surface area contributed by atoms with Crippen molar-refractivity contribution in [2.24, 2.45) is 0 Å². The number of carbonyl (C=O) groups is 1. The van der Waals surface area contributed by atoms with Crippen molar-refractivity contribution in [3.63, 3.8) is 0 Å². The summed E-state index contributed by atoms with van der Waals surface area (Å²) in [4.78, 5) is 11.7. The van der Waals surface area contributed by atoms with E-state index in [0.29, 0.717) is 13.0 Å². The first-order valence-electron chi connectivity index (χ1n) is 6.86. The number of amides is 1. The molecule has 0 spiro atoms. The highest BCUT2D eigenvalue weighted by Crippen LogP contribution is 2.26. The topological polar surface area (TPSA) is 41.1 Å². The highest BCUT2D eigenvalue weighted by molar-refractivity contribution is 5.76. The number of rotatable bonds is 6. The van der Waals surface area contributed by atoms with Crippen LogP contribution in [0.25, 0.3) is 0 Å². The van der Waals surface area contributed by atoms with Gasteiger partial charge in [0.05, 0.1) is 0 Å². The number of hydrogen-bond acceptors (Lipinski definition) is 2. The predicted molar refractivity (Wildman–Crippen MR) is 80.5 cm³/mol. The van der Waals surface area contributed by atoms with Gasteiger partial charge in [0.15, 0.2) is 0 Å². The van der Waals surface area contributed by atoms with E-state index in [1.165, 1.54) is 16.7 Å². The van der Waals surface area contributed by atoms with Gasteiger partial charge >= 0.3 is 0 Å². The lowest BCUT2D eigenvalue weighted by Gasteiger charge is -2.28. The average Bonchev–Trinajstić information content (AvgIpc) is 2.36. The molecule has 0 aromatic heterocycles. The van der Waals surface area contributed by atoms with Crippen LogP contribution in [0, 0.1) is 13.8 Å². The molecule has 0 unspecified atom stereocenters. The van der Waals surface area contributed by atoms with Crippen molar-refractivity contribution < 1.29 is 4.79 Å². The first-order valence-corrected chi connectivity index (χ1v) is 6.86. The summed E-state index contributed by atoms with van der Waals surface area (Å²) in [6.45, 7) is 9.96. The summed E-state index contributed by atoms with van der Waals surface area (Å²) in [6.07, 6.45) is 0.527. The van der Waals surface area contributed by atoms with Crippen LogP contribution in [0.3, 0.4) is 0 Å². The number of hydrogen-bond donors (Lipinski definition) is 2. The van der Waals surface area contributed by atoms with E-state index in [1.807, 2.05) is 7.05 Å². The van der Waals surface area contributed by atoms with E-state index in [2.05, 4.69) is 56.5 Å². The van der Waals surface area contributed by atoms with Gasteiger partial charge in [-0.3, -0.25) is 4.79 Å². The molecular formula is C16H26N2O. The Hall–Kier alpha value is -1.35. The molecule has 0 radical (unpaired) electrons. The van der Waals surface area contributed by atoms with Crippen molar-refractivity contribution in [2.45, 2.75) is 39.5 Å². The fraction of sp³-hybridized carbons (Fsp3) is 0.562. The molecule has 19 heavy (non-hydrogen) atoms. The quantitative estimate of drug-likeness (QED) is 0.826. The summed E-state index contributed by atoms with van der Waals surface area (Å²) >= 11 is 0. The van der Waals surface area contributed by atoms with Crippen LogP contribution in [0.2, 0.25) is 0 Å². The minimum atomic E-state index is -0.0502. The maximum Gasteiger partial charge on any atom is 0.221 e. The van der Waals surface area contributed by atoms with E-state index in [-0.39, 0.29) is 11.3 Å². The molecule has 0 fully saturated rings. The molecule has 1 aromatic rings. The maximum atomic E-state index is 11.7. The van der Waals surface area contributed by atoms with E-state index in [4.69, 9.17) is 0 Å². The fourth-order valence-electron chi connectivity index (χ4n) is 2.21. The summed E-state index contributed by atoms with van der Waals surface area (Å²) in [5.41, 5.74) is 3.79. The number of benzene rings is 1. The number of aryl methyl sites for hydroxylation is 2. The summed E-state index contributed by atoms with van der Waals surface area (Å²) in [5, 5.41) is 6.01. The van der Waals surface area contributed by atoms with Crippen molar-refractivity contribution in [3.05, 3.63) is 34.9 Å². The van der Waals surface area contributed by atoms with E-state index in [9.17, 15) is 4.79 Å². The first kappa shape index (κ1) is 15.7. The van der Waals surface area contributed by atoms with Crippen LogP contribution in [-0.2, 0) is 10.2 Å². The normalized spacial score (nSPS) is 11.4. The van der Waals surface area contributed by atoms with Crippen LogP contribution in [0.4, 0.5) is 0 Å². The third-order valence-electron chi connectivity index (χ3n) is 3.45. The van der Waals surface area contributed by atoms with Crippen molar-refractivity contribution in [1.29, 1.82) is 0 Å². The SMILES string of the molecule is CNCCC(=O)NCC(C)(C)c1cc(C)ccc1C. The van der Waals surface area contributed by atoms with E-state index in [1.54, 1.807) is 0 Å². The van der Waals surface area contributed by atoms with Crippen LogP contribution in [0.15, 0.2) is 18.2 Å². The van der Waals surface area contributed by atoms with E-state index < -0.39 is 0 Å². The molecule has 1 aromatic carbocycles. The first-order chi connectivity index (χ1) is 8.86. The Morgan fingerprint density at radius 2 is 1.95 bits per heavy atom. The second-order valence-corrected chi connectivity index (χ2v) is 5.83. The zero-order chi connectivity index (χ0) is 14.5. The molecule has 1 rings (SSSR count). The Bertz CT molecular complexity index is 438. The molecule has 3 heteroatoms. The van der Waals surface area contributed by atoms with Gasteiger partial charge in [0, 0.05) is 24.9 Å². The smallest absolute Gasteiger partial charge is 0.221 e. The van der Waals surface area contributed by atoms with Gasteiger partial charge in [-0.15, -0.1) is 0 Å². The molecule has 0 aliphatic rings. The largest absolute Gasteiger partial charge is 0.355 e. The van der Waals surface area contributed by atoms with Crippen molar-refractivity contribution >= 4 is 5.91 Å². The van der Waals surface area contributed by atoms with Crippen molar-refractivity contribution in [2.75, 3.05) is 20.1 Å². The van der Waals surface area contributed by atoms with Gasteiger partial charge in [0.25, 0.3) is 0 Å². The molecule has 0 aliphatic heterocycles. The summed E-state index contributed by atoms with van der Waals surface area (Å²) in [7, 11) is 1.85. The minimum absolute atomic E-state index is 0.0502. The summed E-state index contributed by atoms with van der Waals surface area (Å²) < 4.78 is 0. The zero-order valence-corrected chi connectivity index (χ0v) is 12.8. The molecular weight excluding hydrogens is 236 g/mol. The Morgan fingerprint density at radius 1 is 1.26 bits per heavy atom. The Balaban J connectivity index is 2.70. The van der Waals surface area contributed by atoms with Gasteiger partial charge in [-0.1, -0.05) is 37.6 Å². The minimum Gasteiger partial charge on any atom is -0.355 e. The second-order valence-electron chi connectivity index (χ2n) is 5.83. The zero-order valence-electron chi connectivity index (χ0n) is 12.8. The van der Waals surface area contributed by atoms with Crippen LogP contribution in [-0.4, -0.2) is 26.0 Å². The lowest BCUT2D eigenvalue weighted by Crippen LogP contribution is -2.38. The Labute approximate surface area is 116 Å². The van der Waals surface area contributed by atoms with Crippen LogP contribution in [0.5, 0.6) is 0 Å². The lowest BCUT2D eigenvalue weighted by atomic mass is 9.81. The highest BCUT2D eigenvalue weighted by Gasteiger charge is 2.23. The molecule has 3 nitrogen and oxygen atoms in total. The Morgan fingerprint density at radius 3 is 2.58 bits per heavy atom. The third kappa shape index (κ3) is 4.67. The monoisotopic (exact) mass is 262 g/mol. The second kappa shape index (κ2) is 6.71. The molecule has 0 bridgehead atoms. The van der Waals surface area contributed by atoms with Gasteiger partial charge in [0.2, 0.25) is 5.91 Å². The molecule has 1 amide bonds. The fourth-order valence-corrected chi connectivity index (χ4v) is 2.21. The molecule has 0 heterocycles. The number of nitrogens with one attached hydrogen (secondary N) is 2. The molecule has 0 saturated carbocycles. The Kier molecular flexibility index (Phi) is 5.55.